The maximum Gasteiger partial charge on any atom is 0.258 e. The van der Waals surface area contributed by atoms with Crippen molar-refractivity contribution in [1.29, 1.82) is 0 Å². The number of phenolic OH excluding ortho intramolecular Hbond substituents is 1. The Morgan fingerprint density at radius 1 is 1.21 bits per heavy atom. The molecule has 4 rings (SSSR count). The van der Waals surface area contributed by atoms with Crippen molar-refractivity contribution >= 4 is 22.9 Å². The van der Waals surface area contributed by atoms with Gasteiger partial charge in [0, 0.05) is 17.8 Å². The number of hydrogen-bond donors (Lipinski definition) is 2. The molecule has 2 aromatic carbocycles. The fourth-order valence-corrected chi connectivity index (χ4v) is 4.36. The fourth-order valence-electron chi connectivity index (χ4n) is 4.01. The number of allylic oxidation sites excluding steroid dienone is 1. The van der Waals surface area contributed by atoms with Crippen molar-refractivity contribution in [3.05, 3.63) is 65.2 Å². The van der Waals surface area contributed by atoms with Gasteiger partial charge in [0.05, 0.1) is 18.7 Å². The summed E-state index contributed by atoms with van der Waals surface area (Å²) < 4.78 is 11.0. The number of thiocarbonyl (C=S) groups is 1. The minimum atomic E-state index is -0.363. The van der Waals surface area contributed by atoms with E-state index >= 15 is 0 Å². The van der Waals surface area contributed by atoms with Gasteiger partial charge in [0.25, 0.3) is 5.89 Å². The Morgan fingerprint density at radius 2 is 2.03 bits per heavy atom. The van der Waals surface area contributed by atoms with E-state index in [1.807, 2.05) is 44.2 Å². The number of aromatic hydroxyl groups is 1. The van der Waals surface area contributed by atoms with Crippen LogP contribution in [0.1, 0.15) is 49.7 Å². The predicted molar refractivity (Wildman–Crippen MR) is 132 cm³/mol. The molecule has 0 spiro atoms. The van der Waals surface area contributed by atoms with Crippen molar-refractivity contribution in [2.75, 3.05) is 13.7 Å². The van der Waals surface area contributed by atoms with Crippen molar-refractivity contribution in [3.63, 3.8) is 0 Å². The maximum atomic E-state index is 10.4. The van der Waals surface area contributed by atoms with Gasteiger partial charge in [0.1, 0.15) is 0 Å². The number of nitrogens with one attached hydrogen (secondary N) is 1. The van der Waals surface area contributed by atoms with E-state index < -0.39 is 0 Å². The van der Waals surface area contributed by atoms with E-state index in [4.69, 9.17) is 26.5 Å². The van der Waals surface area contributed by atoms with Crippen LogP contribution in [0, 0.1) is 6.92 Å². The second-order valence-corrected chi connectivity index (χ2v) is 8.50. The van der Waals surface area contributed by atoms with E-state index in [9.17, 15) is 5.11 Å². The lowest BCUT2D eigenvalue weighted by Crippen LogP contribution is -2.46. The summed E-state index contributed by atoms with van der Waals surface area (Å²) >= 11 is 5.70. The van der Waals surface area contributed by atoms with E-state index in [-0.39, 0.29) is 11.8 Å². The molecule has 7 nitrogen and oxygen atoms in total. The molecule has 0 radical (unpaired) electrons. The molecule has 0 saturated carbocycles. The third kappa shape index (κ3) is 4.57. The van der Waals surface area contributed by atoms with Crippen LogP contribution in [0.15, 0.2) is 52.7 Å². The number of ether oxygens (including phenoxy) is 1. The van der Waals surface area contributed by atoms with E-state index in [1.54, 1.807) is 12.1 Å². The zero-order valence-electron chi connectivity index (χ0n) is 19.3. The monoisotopic (exact) mass is 464 g/mol. The molecule has 0 aliphatic carbocycles. The lowest BCUT2D eigenvalue weighted by Gasteiger charge is -2.37. The number of aryl methyl sites for hydroxylation is 1. The molecule has 1 unspecified atom stereocenters. The third-order valence-corrected chi connectivity index (χ3v) is 6.14. The van der Waals surface area contributed by atoms with Gasteiger partial charge < -0.3 is 24.6 Å². The highest BCUT2D eigenvalue weighted by Crippen LogP contribution is 2.39. The Hall–Kier alpha value is -3.39. The van der Waals surface area contributed by atoms with Crippen LogP contribution in [-0.4, -0.2) is 38.9 Å². The summed E-state index contributed by atoms with van der Waals surface area (Å²) in [6.07, 6.45) is 2.05. The summed E-state index contributed by atoms with van der Waals surface area (Å²) in [6, 6.07) is 12.9. The highest BCUT2D eigenvalue weighted by Gasteiger charge is 2.34. The molecule has 1 atom stereocenters. The number of benzene rings is 2. The maximum absolute atomic E-state index is 10.4. The van der Waals surface area contributed by atoms with E-state index in [2.05, 4.69) is 22.3 Å². The molecule has 33 heavy (non-hydrogen) atoms. The largest absolute Gasteiger partial charge is 0.504 e. The van der Waals surface area contributed by atoms with E-state index in [0.29, 0.717) is 22.6 Å². The van der Waals surface area contributed by atoms with Crippen molar-refractivity contribution < 1.29 is 14.4 Å². The van der Waals surface area contributed by atoms with Crippen LogP contribution in [-0.2, 0) is 0 Å². The van der Waals surface area contributed by atoms with E-state index in [1.165, 1.54) is 7.11 Å². The van der Waals surface area contributed by atoms with Crippen LogP contribution in [0.3, 0.4) is 0 Å². The normalized spacial score (nSPS) is 16.2. The van der Waals surface area contributed by atoms with Gasteiger partial charge in [-0.2, -0.15) is 4.98 Å². The summed E-state index contributed by atoms with van der Waals surface area (Å²) in [5, 5.41) is 18.7. The minimum absolute atomic E-state index is 0.0547. The number of aromatic nitrogens is 2. The Morgan fingerprint density at radius 3 is 2.73 bits per heavy atom. The first kappa shape index (κ1) is 22.8. The quantitative estimate of drug-likeness (QED) is 0.461. The van der Waals surface area contributed by atoms with Gasteiger partial charge in [-0.25, -0.2) is 0 Å². The smallest absolute Gasteiger partial charge is 0.258 e. The summed E-state index contributed by atoms with van der Waals surface area (Å²) in [7, 11) is 1.52. The molecule has 2 N–H and O–H groups in total. The van der Waals surface area contributed by atoms with Gasteiger partial charge in [-0.05, 0) is 56.2 Å². The van der Waals surface area contributed by atoms with Crippen LogP contribution in [0.4, 0.5) is 0 Å². The number of methoxy groups -OCH3 is 1. The molecule has 0 amide bonds. The Labute approximate surface area is 199 Å². The van der Waals surface area contributed by atoms with Crippen LogP contribution >= 0.6 is 12.2 Å². The second-order valence-electron chi connectivity index (χ2n) is 8.11. The lowest BCUT2D eigenvalue weighted by molar-refractivity contribution is 0.372. The van der Waals surface area contributed by atoms with Gasteiger partial charge in [-0.3, -0.25) is 0 Å². The molecule has 0 saturated heterocycles. The molecule has 0 fully saturated rings. The summed E-state index contributed by atoms with van der Waals surface area (Å²) in [5.74, 6) is 1.40. The molecule has 1 aromatic heterocycles. The standard InChI is InChI=1S/C25H28N4O3S/c1-5-6-12-29-16(3)21(24-27-23(28-32-24)18-9-7-8-15(2)13-18)22(26-25(29)33)17-10-11-20(31-4)19(30)14-17/h7-11,13-14,22,30H,5-6,12H2,1-4H3,(H,26,33). The topological polar surface area (TPSA) is 83.7 Å². The number of unbranched alkanes of at least 4 members (excludes halogenated alkanes) is 1. The van der Waals surface area contributed by atoms with Crippen molar-refractivity contribution in [1.82, 2.24) is 20.4 Å². The summed E-state index contributed by atoms with van der Waals surface area (Å²) in [6.45, 7) is 6.98. The third-order valence-electron chi connectivity index (χ3n) is 5.80. The Balaban J connectivity index is 1.81. The average molecular weight is 465 g/mol. The van der Waals surface area contributed by atoms with Gasteiger partial charge in [-0.15, -0.1) is 0 Å². The highest BCUT2D eigenvalue weighted by atomic mass is 32.1. The minimum Gasteiger partial charge on any atom is -0.504 e. The van der Waals surface area contributed by atoms with Crippen molar-refractivity contribution in [2.45, 2.75) is 39.7 Å². The van der Waals surface area contributed by atoms with E-state index in [0.717, 1.165) is 47.3 Å². The highest BCUT2D eigenvalue weighted by molar-refractivity contribution is 7.80. The summed E-state index contributed by atoms with van der Waals surface area (Å²) in [4.78, 5) is 6.81. The zero-order valence-corrected chi connectivity index (χ0v) is 20.1. The summed E-state index contributed by atoms with van der Waals surface area (Å²) in [5.41, 5.74) is 4.61. The first-order chi connectivity index (χ1) is 15.9. The van der Waals surface area contributed by atoms with Crippen LogP contribution in [0.5, 0.6) is 11.5 Å². The fraction of sp³-hybridized carbons (Fsp3) is 0.320. The molecular formula is C25H28N4O3S. The van der Waals surface area contributed by atoms with Crippen LogP contribution in [0.25, 0.3) is 17.0 Å². The van der Waals surface area contributed by atoms with Gasteiger partial charge in [0.15, 0.2) is 16.6 Å². The molecule has 0 bridgehead atoms. The molecule has 2 heterocycles. The molecule has 3 aromatic rings. The molecule has 1 aliphatic rings. The Bertz CT molecular complexity index is 1200. The SMILES string of the molecule is CCCCN1C(=S)NC(c2ccc(OC)c(O)c2)C(c2nc(-c3cccc(C)c3)no2)=C1C. The van der Waals surface area contributed by atoms with Gasteiger partial charge in [-0.1, -0.05) is 48.3 Å². The molecule has 8 heteroatoms. The zero-order chi connectivity index (χ0) is 23.5. The van der Waals surface area contributed by atoms with Crippen molar-refractivity contribution in [2.24, 2.45) is 0 Å². The Kier molecular flexibility index (Phi) is 6.65. The molecule has 1 aliphatic heterocycles. The molecule has 172 valence electrons. The second kappa shape index (κ2) is 9.62. The first-order valence-corrected chi connectivity index (χ1v) is 11.4. The number of phenols is 1. The average Bonchev–Trinajstić information content (AvgIpc) is 3.28. The van der Waals surface area contributed by atoms with Crippen LogP contribution < -0.4 is 10.1 Å². The van der Waals surface area contributed by atoms with Gasteiger partial charge >= 0.3 is 0 Å². The number of rotatable bonds is 7. The molecular weight excluding hydrogens is 436 g/mol. The predicted octanol–water partition coefficient (Wildman–Crippen LogP) is 5.22. The van der Waals surface area contributed by atoms with Crippen molar-refractivity contribution in [3.8, 4) is 22.9 Å². The lowest BCUT2D eigenvalue weighted by atomic mass is 9.94. The van der Waals surface area contributed by atoms with Gasteiger partial charge in [0.2, 0.25) is 5.82 Å². The van der Waals surface area contributed by atoms with Crippen LogP contribution in [0.2, 0.25) is 0 Å². The number of hydrogen-bond acceptors (Lipinski definition) is 6. The first-order valence-electron chi connectivity index (χ1n) is 11.0. The number of nitrogens with zero attached hydrogens (tertiary/aromatic N) is 3.